The van der Waals surface area contributed by atoms with Gasteiger partial charge in [-0.05, 0) is 24.3 Å². The molecule has 162 valence electrons. The zero-order valence-electron chi connectivity index (χ0n) is 16.2. The van der Waals surface area contributed by atoms with E-state index in [-0.39, 0.29) is 24.4 Å². The molecule has 1 amide bonds. The molecule has 0 spiro atoms. The number of halogens is 4. The minimum absolute atomic E-state index is 0.0709. The van der Waals surface area contributed by atoms with Crippen molar-refractivity contribution in [2.45, 2.75) is 12.2 Å². The summed E-state index contributed by atoms with van der Waals surface area (Å²) in [5.74, 6) is -1.60. The highest BCUT2D eigenvalue weighted by atomic mass is 19.4. The van der Waals surface area contributed by atoms with Crippen molar-refractivity contribution in [3.05, 3.63) is 65.0 Å². The molecule has 0 unspecified atom stereocenters. The first kappa shape index (κ1) is 20.6. The Morgan fingerprint density at radius 1 is 1.23 bits per heavy atom. The molecule has 0 saturated carbocycles. The van der Waals surface area contributed by atoms with Gasteiger partial charge in [0.2, 0.25) is 0 Å². The van der Waals surface area contributed by atoms with Gasteiger partial charge in [-0.3, -0.25) is 13.9 Å². The van der Waals surface area contributed by atoms with Crippen LogP contribution in [0.5, 0.6) is 5.75 Å². The predicted octanol–water partition coefficient (Wildman–Crippen LogP) is 3.08. The number of carbonyl (C=O) groups excluding carboxylic acids is 1. The number of ether oxygens (including phenoxy) is 1. The van der Waals surface area contributed by atoms with Crippen molar-refractivity contribution in [3.8, 4) is 11.4 Å². The summed E-state index contributed by atoms with van der Waals surface area (Å²) in [6, 6.07) is 5.22. The molecular formula is C20H16F4N4O3. The number of likely N-dealkylation sites (tertiary alicyclic amines) is 1. The highest BCUT2D eigenvalue weighted by Gasteiger charge is 2.36. The second kappa shape index (κ2) is 7.25. The quantitative estimate of drug-likeness (QED) is 0.466. The zero-order chi connectivity index (χ0) is 22.5. The Kier molecular flexibility index (Phi) is 4.83. The highest BCUT2D eigenvalue weighted by molar-refractivity contribution is 5.91. The lowest BCUT2D eigenvalue weighted by atomic mass is 10.1. The standard InChI is InChI=1S/C20H16F4N4O3/c1-11(21)18(29)26-9-14(10-26)28-17-16(7-15(31-2)8-25-17)27(19(28)30)13-5-3-12(4-6-13)20(22,23)24/h3-8,14H,1,9-10H2,2H3. The number of pyridine rings is 1. The number of amides is 1. The summed E-state index contributed by atoms with van der Waals surface area (Å²) in [4.78, 5) is 30.4. The van der Waals surface area contributed by atoms with Crippen LogP contribution in [0, 0.1) is 0 Å². The molecule has 1 saturated heterocycles. The Morgan fingerprint density at radius 2 is 1.87 bits per heavy atom. The number of hydrogen-bond donors (Lipinski definition) is 0. The summed E-state index contributed by atoms with van der Waals surface area (Å²) in [7, 11) is 1.42. The molecule has 3 heterocycles. The third-order valence-corrected chi connectivity index (χ3v) is 5.12. The van der Waals surface area contributed by atoms with Gasteiger partial charge in [0, 0.05) is 19.2 Å². The number of benzene rings is 1. The summed E-state index contributed by atoms with van der Waals surface area (Å²) < 4.78 is 59.6. The summed E-state index contributed by atoms with van der Waals surface area (Å²) >= 11 is 0. The predicted molar refractivity (Wildman–Crippen MR) is 103 cm³/mol. The van der Waals surface area contributed by atoms with Gasteiger partial charge in [0.25, 0.3) is 5.91 Å². The van der Waals surface area contributed by atoms with Crippen LogP contribution in [0.1, 0.15) is 11.6 Å². The third-order valence-electron chi connectivity index (χ3n) is 5.12. The van der Waals surface area contributed by atoms with E-state index >= 15 is 0 Å². The number of methoxy groups -OCH3 is 1. The van der Waals surface area contributed by atoms with Crippen molar-refractivity contribution in [3.63, 3.8) is 0 Å². The smallest absolute Gasteiger partial charge is 0.416 e. The van der Waals surface area contributed by atoms with Crippen LogP contribution >= 0.6 is 0 Å². The number of alkyl halides is 3. The number of rotatable bonds is 4. The SMILES string of the molecule is C=C(F)C(=O)N1CC(n2c(=O)n(-c3ccc(C(F)(F)F)cc3)c3cc(OC)cnc32)C1. The van der Waals surface area contributed by atoms with E-state index < -0.39 is 35.2 Å². The molecule has 3 aromatic rings. The molecular weight excluding hydrogens is 420 g/mol. The van der Waals surface area contributed by atoms with E-state index in [1.807, 2.05) is 0 Å². The fraction of sp³-hybridized carbons (Fsp3) is 0.250. The van der Waals surface area contributed by atoms with Gasteiger partial charge in [-0.1, -0.05) is 6.58 Å². The van der Waals surface area contributed by atoms with Crippen molar-refractivity contribution in [2.24, 2.45) is 0 Å². The van der Waals surface area contributed by atoms with Crippen LogP contribution < -0.4 is 10.4 Å². The Balaban J connectivity index is 1.81. The maximum Gasteiger partial charge on any atom is 0.416 e. The number of aromatic nitrogens is 3. The molecule has 0 bridgehead atoms. The molecule has 1 aromatic carbocycles. The van der Waals surface area contributed by atoms with Crippen LogP contribution in [0.2, 0.25) is 0 Å². The first-order valence-electron chi connectivity index (χ1n) is 9.10. The number of carbonyl (C=O) groups is 1. The molecule has 0 N–H and O–H groups in total. The van der Waals surface area contributed by atoms with Gasteiger partial charge in [-0.15, -0.1) is 0 Å². The van der Waals surface area contributed by atoms with Gasteiger partial charge in [0.05, 0.1) is 36.1 Å². The Bertz CT molecular complexity index is 1240. The molecule has 7 nitrogen and oxygen atoms in total. The molecule has 0 aliphatic carbocycles. The van der Waals surface area contributed by atoms with E-state index in [9.17, 15) is 27.2 Å². The second-order valence-electron chi connectivity index (χ2n) is 7.02. The zero-order valence-corrected chi connectivity index (χ0v) is 16.2. The molecule has 2 aromatic heterocycles. The van der Waals surface area contributed by atoms with Crippen LogP contribution in [-0.4, -0.2) is 45.1 Å². The van der Waals surface area contributed by atoms with E-state index in [0.29, 0.717) is 11.3 Å². The van der Waals surface area contributed by atoms with Crippen molar-refractivity contribution in [2.75, 3.05) is 20.2 Å². The monoisotopic (exact) mass is 436 g/mol. The van der Waals surface area contributed by atoms with Crippen LogP contribution in [0.3, 0.4) is 0 Å². The lowest BCUT2D eigenvalue weighted by Gasteiger charge is -2.38. The first-order valence-corrected chi connectivity index (χ1v) is 9.10. The highest BCUT2D eigenvalue weighted by Crippen LogP contribution is 2.31. The van der Waals surface area contributed by atoms with Crippen molar-refractivity contribution in [1.29, 1.82) is 0 Å². The maximum atomic E-state index is 13.2. The molecule has 0 radical (unpaired) electrons. The summed E-state index contributed by atoms with van der Waals surface area (Å²) in [5.41, 5.74) is -0.595. The first-order chi connectivity index (χ1) is 14.6. The Labute approximate surface area is 172 Å². The number of hydrogen-bond acceptors (Lipinski definition) is 4. The number of imidazole rings is 1. The van der Waals surface area contributed by atoms with Crippen LogP contribution in [0.15, 0.2) is 53.7 Å². The Hall–Kier alpha value is -3.63. The van der Waals surface area contributed by atoms with Gasteiger partial charge < -0.3 is 9.64 Å². The Morgan fingerprint density at radius 3 is 2.42 bits per heavy atom. The van der Waals surface area contributed by atoms with Gasteiger partial charge in [-0.25, -0.2) is 14.2 Å². The summed E-state index contributed by atoms with van der Waals surface area (Å²) in [5, 5.41) is 0. The fourth-order valence-electron chi connectivity index (χ4n) is 3.52. The van der Waals surface area contributed by atoms with Gasteiger partial charge >= 0.3 is 11.9 Å². The van der Waals surface area contributed by atoms with Gasteiger partial charge in [-0.2, -0.15) is 13.2 Å². The summed E-state index contributed by atoms with van der Waals surface area (Å²) in [6.07, 6.45) is -3.11. The topological polar surface area (TPSA) is 69.4 Å². The molecule has 4 rings (SSSR count). The van der Waals surface area contributed by atoms with Crippen molar-refractivity contribution in [1.82, 2.24) is 19.0 Å². The number of nitrogens with zero attached hydrogens (tertiary/aromatic N) is 4. The van der Waals surface area contributed by atoms with Crippen LogP contribution in [0.25, 0.3) is 16.9 Å². The van der Waals surface area contributed by atoms with Crippen molar-refractivity contribution >= 4 is 17.1 Å². The average Bonchev–Trinajstić information content (AvgIpc) is 2.97. The molecule has 1 fully saturated rings. The average molecular weight is 436 g/mol. The maximum absolute atomic E-state index is 13.2. The summed E-state index contributed by atoms with van der Waals surface area (Å²) in [6.45, 7) is 3.12. The molecule has 11 heteroatoms. The second-order valence-corrected chi connectivity index (χ2v) is 7.02. The molecule has 0 atom stereocenters. The van der Waals surface area contributed by atoms with Crippen LogP contribution in [0.4, 0.5) is 17.6 Å². The van der Waals surface area contributed by atoms with E-state index in [2.05, 4.69) is 11.6 Å². The molecule has 1 aliphatic rings. The molecule has 1 aliphatic heterocycles. The largest absolute Gasteiger partial charge is 0.495 e. The van der Waals surface area contributed by atoms with Crippen molar-refractivity contribution < 1.29 is 27.1 Å². The van der Waals surface area contributed by atoms with E-state index in [4.69, 9.17) is 4.74 Å². The van der Waals surface area contributed by atoms with E-state index in [0.717, 1.165) is 12.1 Å². The lowest BCUT2D eigenvalue weighted by molar-refractivity contribution is -0.137. The van der Waals surface area contributed by atoms with Gasteiger partial charge in [0.1, 0.15) is 5.75 Å². The minimum Gasteiger partial charge on any atom is -0.495 e. The number of fused-ring (bicyclic) bond motifs is 1. The van der Waals surface area contributed by atoms with Crippen LogP contribution in [-0.2, 0) is 11.0 Å². The van der Waals surface area contributed by atoms with E-state index in [1.165, 1.54) is 39.5 Å². The van der Waals surface area contributed by atoms with E-state index in [1.54, 1.807) is 6.07 Å². The fourth-order valence-corrected chi connectivity index (χ4v) is 3.52. The lowest BCUT2D eigenvalue weighted by Crippen LogP contribution is -2.52. The van der Waals surface area contributed by atoms with Gasteiger partial charge in [0.15, 0.2) is 11.5 Å². The third kappa shape index (κ3) is 3.45. The normalized spacial score (nSPS) is 14.5. The minimum atomic E-state index is -4.51. The molecule has 31 heavy (non-hydrogen) atoms.